The van der Waals surface area contributed by atoms with Crippen LogP contribution in [-0.4, -0.2) is 88.2 Å². The van der Waals surface area contributed by atoms with Gasteiger partial charge in [-0.3, -0.25) is 9.59 Å². The number of ether oxygens (including phenoxy) is 2. The average molecular weight is 542 g/mol. The second kappa shape index (κ2) is 13.1. The first-order chi connectivity index (χ1) is 17.4. The van der Waals surface area contributed by atoms with Gasteiger partial charge in [0.15, 0.2) is 0 Å². The van der Waals surface area contributed by atoms with Crippen molar-refractivity contribution < 1.29 is 34.4 Å². The predicted molar refractivity (Wildman–Crippen MR) is 147 cm³/mol. The molecule has 14 atom stereocenters. The summed E-state index contributed by atoms with van der Waals surface area (Å²) in [6, 6.07) is -0.00341. The van der Waals surface area contributed by atoms with Crippen LogP contribution in [0.15, 0.2) is 0 Å². The summed E-state index contributed by atoms with van der Waals surface area (Å²) >= 11 is 0. The number of nitrogens with zero attached hydrogens (tertiary/aromatic N) is 1. The van der Waals surface area contributed by atoms with Crippen molar-refractivity contribution in [3.63, 3.8) is 0 Å². The molecule has 0 radical (unpaired) electrons. The number of carbonyl (C=O) groups excluding carboxylic acids is 2. The quantitative estimate of drug-likeness (QED) is 0.466. The van der Waals surface area contributed by atoms with E-state index >= 15 is 0 Å². The van der Waals surface area contributed by atoms with Crippen molar-refractivity contribution in [3.05, 3.63) is 0 Å². The summed E-state index contributed by atoms with van der Waals surface area (Å²) in [7, 11) is 3.96. The number of aliphatic hydroxyl groups is 3. The van der Waals surface area contributed by atoms with Crippen LogP contribution in [0.5, 0.6) is 0 Å². The Hall–Kier alpha value is -1.06. The van der Waals surface area contributed by atoms with Gasteiger partial charge in [-0.05, 0) is 70.9 Å². The topological polar surface area (TPSA) is 117 Å². The largest absolute Gasteiger partial charge is 0.459 e. The Morgan fingerprint density at radius 2 is 1.47 bits per heavy atom. The molecule has 0 aromatic carbocycles. The highest BCUT2D eigenvalue weighted by atomic mass is 16.6. The normalized spacial score (nSPS) is 48.4. The number of esters is 1. The lowest BCUT2D eigenvalue weighted by molar-refractivity contribution is -0.190. The zero-order valence-corrected chi connectivity index (χ0v) is 25.5. The highest BCUT2D eigenvalue weighted by Crippen LogP contribution is 2.38. The lowest BCUT2D eigenvalue weighted by Gasteiger charge is -2.45. The van der Waals surface area contributed by atoms with E-state index in [0.29, 0.717) is 12.3 Å². The molecule has 1 heterocycles. The van der Waals surface area contributed by atoms with Crippen LogP contribution in [-0.2, 0) is 19.1 Å². The Morgan fingerprint density at radius 3 is 2.03 bits per heavy atom. The van der Waals surface area contributed by atoms with Crippen LogP contribution in [0.1, 0.15) is 81.6 Å². The second-order valence-electron chi connectivity index (χ2n) is 13.3. The first kappa shape index (κ1) is 33.1. The Bertz CT molecular complexity index is 801. The molecule has 8 nitrogen and oxygen atoms in total. The maximum absolute atomic E-state index is 13.4. The van der Waals surface area contributed by atoms with Gasteiger partial charge >= 0.3 is 5.97 Å². The van der Waals surface area contributed by atoms with E-state index in [9.17, 15) is 24.9 Å². The average Bonchev–Trinajstić information content (AvgIpc) is 2.84. The Balaban J connectivity index is 2.45. The molecule has 2 aliphatic rings. The van der Waals surface area contributed by atoms with Crippen molar-refractivity contribution in [1.29, 1.82) is 0 Å². The molecule has 2 unspecified atom stereocenters. The first-order valence-electron chi connectivity index (χ1n) is 14.6. The molecule has 0 aromatic rings. The zero-order chi connectivity index (χ0) is 29.3. The van der Waals surface area contributed by atoms with Crippen molar-refractivity contribution in [2.24, 2.45) is 41.4 Å². The molecule has 1 saturated heterocycles. The van der Waals surface area contributed by atoms with E-state index in [1.165, 1.54) is 6.92 Å². The van der Waals surface area contributed by atoms with Crippen LogP contribution in [0.3, 0.4) is 0 Å². The molecule has 222 valence electrons. The summed E-state index contributed by atoms with van der Waals surface area (Å²) in [6.45, 7) is 16.6. The van der Waals surface area contributed by atoms with Crippen molar-refractivity contribution in [2.45, 2.75) is 124 Å². The van der Waals surface area contributed by atoms with E-state index in [1.54, 1.807) is 13.8 Å². The molecular formula is C30H55NO7. The molecule has 0 aromatic heterocycles. The van der Waals surface area contributed by atoms with Crippen LogP contribution in [0.4, 0.5) is 0 Å². The molecule has 2 fully saturated rings. The summed E-state index contributed by atoms with van der Waals surface area (Å²) < 4.78 is 12.4. The number of ketones is 1. The van der Waals surface area contributed by atoms with Gasteiger partial charge in [-0.15, -0.1) is 0 Å². The SMILES string of the molecule is CC1C(=O)[C@H](C)C[C@H](C)[C@H](OC2C[C@H](C)C[C@H](N(C)C)[C@H]2O)[C@@H](C)[C@H](C)[C@@H](C)C(=O)O[C@H](C)[C@@](C)(O)[C@@H]1O. The summed E-state index contributed by atoms with van der Waals surface area (Å²) in [5.74, 6) is -2.17. The van der Waals surface area contributed by atoms with Crippen molar-refractivity contribution in [1.82, 2.24) is 4.90 Å². The maximum atomic E-state index is 13.4. The third-order valence-electron chi connectivity index (χ3n) is 9.97. The fourth-order valence-electron chi connectivity index (χ4n) is 6.59. The third-order valence-corrected chi connectivity index (χ3v) is 9.97. The summed E-state index contributed by atoms with van der Waals surface area (Å²) in [5.41, 5.74) is -1.78. The van der Waals surface area contributed by atoms with Crippen LogP contribution < -0.4 is 0 Å². The van der Waals surface area contributed by atoms with Gasteiger partial charge in [-0.2, -0.15) is 0 Å². The van der Waals surface area contributed by atoms with E-state index in [0.717, 1.165) is 12.8 Å². The standard InChI is InChI=1S/C30H55NO7/c1-15-12-23(31(10)11)26(33)24(13-15)38-27-17(3)14-16(2)25(32)21(7)28(34)30(9,36)22(8)37-29(35)20(6)18(4)19(27)5/h15-24,26-28,33-34,36H,12-14H2,1-11H3/t15-,16-,17+,18+,19+,20-,21?,22-,23+,24?,26-,27+,28-,30-/m1/s1. The molecule has 0 bridgehead atoms. The Morgan fingerprint density at radius 1 is 0.895 bits per heavy atom. The molecule has 3 N–H and O–H groups in total. The van der Waals surface area contributed by atoms with Gasteiger partial charge in [0.2, 0.25) is 0 Å². The van der Waals surface area contributed by atoms with Crippen LogP contribution >= 0.6 is 0 Å². The van der Waals surface area contributed by atoms with Crippen molar-refractivity contribution in [2.75, 3.05) is 14.1 Å². The van der Waals surface area contributed by atoms with Gasteiger partial charge in [0.1, 0.15) is 17.5 Å². The number of hydrogen-bond donors (Lipinski definition) is 3. The predicted octanol–water partition coefficient (Wildman–Crippen LogP) is 3.29. The monoisotopic (exact) mass is 541 g/mol. The smallest absolute Gasteiger partial charge is 0.309 e. The molecule has 1 aliphatic heterocycles. The van der Waals surface area contributed by atoms with E-state index in [1.807, 2.05) is 34.9 Å². The number of Topliss-reactive ketones (excluding diaryl/α,β-unsaturated/α-hetero) is 1. The summed E-state index contributed by atoms with van der Waals surface area (Å²) in [5, 5.41) is 33.3. The van der Waals surface area contributed by atoms with Crippen LogP contribution in [0, 0.1) is 41.4 Å². The number of cyclic esters (lactones) is 1. The molecule has 2 rings (SSSR count). The molecular weight excluding hydrogens is 486 g/mol. The Labute approximate surface area is 230 Å². The van der Waals surface area contributed by atoms with Gasteiger partial charge in [0, 0.05) is 17.9 Å². The highest BCUT2D eigenvalue weighted by Gasteiger charge is 2.47. The minimum Gasteiger partial charge on any atom is -0.459 e. The first-order valence-corrected chi connectivity index (χ1v) is 14.6. The van der Waals surface area contributed by atoms with E-state index in [4.69, 9.17) is 9.47 Å². The van der Waals surface area contributed by atoms with Crippen LogP contribution in [0.2, 0.25) is 0 Å². The molecule has 0 amide bonds. The zero-order valence-electron chi connectivity index (χ0n) is 25.5. The lowest BCUT2D eigenvalue weighted by atomic mass is 9.73. The van der Waals surface area contributed by atoms with Gasteiger partial charge in [-0.1, -0.05) is 48.5 Å². The second-order valence-corrected chi connectivity index (χ2v) is 13.3. The third kappa shape index (κ3) is 7.17. The van der Waals surface area contributed by atoms with Crippen LogP contribution in [0.25, 0.3) is 0 Å². The van der Waals surface area contributed by atoms with Gasteiger partial charge < -0.3 is 29.7 Å². The maximum Gasteiger partial charge on any atom is 0.309 e. The molecule has 38 heavy (non-hydrogen) atoms. The fourth-order valence-corrected chi connectivity index (χ4v) is 6.59. The number of carbonyl (C=O) groups is 2. The minimum absolute atomic E-state index is 0.00341. The van der Waals surface area contributed by atoms with Gasteiger partial charge in [-0.25, -0.2) is 0 Å². The lowest BCUT2D eigenvalue weighted by Crippen LogP contribution is -2.55. The minimum atomic E-state index is -1.78. The number of likely N-dealkylation sites (N-methyl/N-ethyl adjacent to an activating group) is 1. The van der Waals surface area contributed by atoms with Gasteiger partial charge in [0.25, 0.3) is 0 Å². The molecule has 0 spiro atoms. The van der Waals surface area contributed by atoms with Crippen molar-refractivity contribution in [3.8, 4) is 0 Å². The summed E-state index contributed by atoms with van der Waals surface area (Å²) in [6.07, 6.45) is -1.50. The van der Waals surface area contributed by atoms with E-state index in [-0.39, 0.29) is 47.7 Å². The summed E-state index contributed by atoms with van der Waals surface area (Å²) in [4.78, 5) is 28.6. The van der Waals surface area contributed by atoms with E-state index < -0.39 is 41.7 Å². The van der Waals surface area contributed by atoms with Gasteiger partial charge in [0.05, 0.1) is 30.3 Å². The number of aliphatic hydroxyl groups excluding tert-OH is 2. The molecule has 8 heteroatoms. The van der Waals surface area contributed by atoms with Crippen molar-refractivity contribution >= 4 is 11.8 Å². The molecule has 1 aliphatic carbocycles. The molecule has 1 saturated carbocycles. The Kier molecular flexibility index (Phi) is 11.4. The number of rotatable bonds is 3. The fraction of sp³-hybridized carbons (Fsp3) is 0.933. The van der Waals surface area contributed by atoms with E-state index in [2.05, 4.69) is 25.7 Å². The highest BCUT2D eigenvalue weighted by molar-refractivity contribution is 5.83. The number of hydrogen-bond acceptors (Lipinski definition) is 8.